The van der Waals surface area contributed by atoms with Crippen LogP contribution >= 0.6 is 14.7 Å². The van der Waals surface area contributed by atoms with Gasteiger partial charge in [-0.25, -0.2) is 4.79 Å². The van der Waals surface area contributed by atoms with Gasteiger partial charge in [0.1, 0.15) is 30.1 Å². The van der Waals surface area contributed by atoms with Crippen LogP contribution in [-0.4, -0.2) is 148 Å². The molecule has 16 nitrogen and oxygen atoms in total. The predicted octanol–water partition coefficient (Wildman–Crippen LogP) is 9.30. The van der Waals surface area contributed by atoms with Crippen molar-refractivity contribution < 1.29 is 70.9 Å². The minimum Gasteiger partial charge on any atom is -0.460 e. The third kappa shape index (κ3) is 18.1. The monoisotopic (exact) mass is 1070 g/mol. The third-order valence-electron chi connectivity index (χ3n) is 15.2. The highest BCUT2D eigenvalue weighted by Gasteiger charge is 2.53. The molecule has 1 N–H and O–H groups in total. The Morgan fingerprint density at radius 2 is 1.47 bits per heavy atom. The van der Waals surface area contributed by atoms with Gasteiger partial charge >= 0.3 is 5.97 Å². The van der Waals surface area contributed by atoms with Crippen LogP contribution in [0.3, 0.4) is 0 Å². The van der Waals surface area contributed by atoms with Crippen LogP contribution in [0.4, 0.5) is 0 Å². The average molecular weight is 1070 g/mol. The molecule has 1 aliphatic carbocycles. The molecule has 0 spiro atoms. The minimum absolute atomic E-state index is 0.0155. The number of aliphatic hydroxyl groups is 1. The maximum Gasteiger partial charge on any atom is 0.329 e. The fourth-order valence-corrected chi connectivity index (χ4v) is 12.7. The lowest BCUT2D eigenvalue weighted by Gasteiger charge is -2.42. The summed E-state index contributed by atoms with van der Waals surface area (Å²) in [5, 5.41) is 12.0. The topological polar surface area (TPSA) is 208 Å². The number of allylic oxidation sites excluding steroid dienone is 6. The molecule has 0 aromatic carbocycles. The van der Waals surface area contributed by atoms with Crippen molar-refractivity contribution in [3.05, 3.63) is 47.6 Å². The van der Waals surface area contributed by atoms with E-state index in [-0.39, 0.29) is 60.9 Å². The number of methoxy groups -OCH3 is 3. The van der Waals surface area contributed by atoms with E-state index in [9.17, 15) is 38.2 Å². The van der Waals surface area contributed by atoms with Crippen LogP contribution < -0.4 is 0 Å². The number of fused-ring (bicyclic) bond motifs is 3. The van der Waals surface area contributed by atoms with Crippen LogP contribution in [0.5, 0.6) is 0 Å². The largest absolute Gasteiger partial charge is 0.460 e. The number of rotatable bonds is 10. The maximum atomic E-state index is 14.6. The maximum absolute atomic E-state index is 14.6. The van der Waals surface area contributed by atoms with E-state index in [4.69, 9.17) is 32.7 Å². The number of hydrogen-bond donors (Lipinski definition) is 1. The van der Waals surface area contributed by atoms with Gasteiger partial charge in [0.05, 0.1) is 24.4 Å². The van der Waals surface area contributed by atoms with E-state index in [0.29, 0.717) is 69.8 Å². The van der Waals surface area contributed by atoms with E-state index in [1.54, 1.807) is 54.4 Å². The molecule has 73 heavy (non-hydrogen) atoms. The second kappa shape index (κ2) is 27.9. The third-order valence-corrected chi connectivity index (χ3v) is 16.7. The van der Waals surface area contributed by atoms with Crippen molar-refractivity contribution in [3.63, 3.8) is 0 Å². The van der Waals surface area contributed by atoms with Gasteiger partial charge in [-0.15, -0.1) is 0 Å². The first-order valence-corrected chi connectivity index (χ1v) is 31.4. The Kier molecular flexibility index (Phi) is 24.0. The van der Waals surface area contributed by atoms with Gasteiger partial charge in [-0.05, 0) is 107 Å². The Bertz CT molecular complexity index is 2130. The number of ketones is 3. The van der Waals surface area contributed by atoms with Crippen LogP contribution in [-0.2, 0) is 65.8 Å². The quantitative estimate of drug-likeness (QED) is 0.0936. The second-order valence-corrected chi connectivity index (χ2v) is 27.7. The summed E-state index contributed by atoms with van der Waals surface area (Å²) >= 11 is 0. The lowest BCUT2D eigenvalue weighted by molar-refractivity contribution is -0.265. The molecule has 3 fully saturated rings. The normalized spacial score (nSPS) is 36.6. The Morgan fingerprint density at radius 1 is 0.781 bits per heavy atom. The zero-order chi connectivity index (χ0) is 54.6. The van der Waals surface area contributed by atoms with E-state index in [2.05, 4.69) is 0 Å². The van der Waals surface area contributed by atoms with Gasteiger partial charge in [0.2, 0.25) is 5.79 Å². The molecule has 414 valence electrons. The Labute approximate surface area is 436 Å². The molecule has 0 aromatic heterocycles. The van der Waals surface area contributed by atoms with Gasteiger partial charge in [0.15, 0.2) is 20.5 Å². The Morgan fingerprint density at radius 3 is 2.10 bits per heavy atom. The fourth-order valence-electron chi connectivity index (χ4n) is 10.9. The molecule has 0 radical (unpaired) electrons. The molecule has 0 unspecified atom stereocenters. The van der Waals surface area contributed by atoms with Gasteiger partial charge in [-0.1, -0.05) is 71.1 Å². The summed E-state index contributed by atoms with van der Waals surface area (Å²) in [5.74, 6) is -8.26. The summed E-state index contributed by atoms with van der Waals surface area (Å²) in [7, 11) is -1.46. The van der Waals surface area contributed by atoms with Crippen LogP contribution in [0.15, 0.2) is 47.6 Å². The first kappa shape index (κ1) is 62.6. The lowest BCUT2D eigenvalue weighted by Crippen LogP contribution is -2.61. The van der Waals surface area contributed by atoms with E-state index in [0.717, 1.165) is 5.57 Å². The number of carbonyl (C=O) groups excluding carboxylic acids is 5. The summed E-state index contributed by atoms with van der Waals surface area (Å²) in [5.41, 5.74) is 1.34. The molecule has 1 amide bonds. The van der Waals surface area contributed by atoms with E-state index in [1.165, 1.54) is 25.3 Å². The lowest BCUT2D eigenvalue weighted by atomic mass is 9.78. The van der Waals surface area contributed by atoms with Crippen molar-refractivity contribution in [2.24, 2.45) is 35.5 Å². The zero-order valence-electron chi connectivity index (χ0n) is 46.2. The number of esters is 1. The van der Waals surface area contributed by atoms with Gasteiger partial charge in [-0.2, -0.15) is 0 Å². The first-order chi connectivity index (χ1) is 34.1. The molecule has 0 aromatic rings. The molecule has 3 aliphatic heterocycles. The number of cyclic esters (lactones) is 1. The highest BCUT2D eigenvalue weighted by molar-refractivity contribution is 7.57. The summed E-state index contributed by atoms with van der Waals surface area (Å²) in [6, 6.07) is -1.17. The summed E-state index contributed by atoms with van der Waals surface area (Å²) in [6.07, 6.45) is 11.5. The molecule has 18 heteroatoms. The molecule has 3 heterocycles. The summed E-state index contributed by atoms with van der Waals surface area (Å²) in [6.45, 7) is 18.9. The van der Waals surface area contributed by atoms with Crippen LogP contribution in [0, 0.1) is 35.5 Å². The second-order valence-electron chi connectivity index (χ2n) is 22.3. The molecule has 1 saturated carbocycles. The van der Waals surface area contributed by atoms with Crippen LogP contribution in [0.2, 0.25) is 0 Å². The molecular formula is C55H89NO15P2. The Hall–Kier alpha value is -2.91. The van der Waals surface area contributed by atoms with Crippen molar-refractivity contribution >= 4 is 44.0 Å². The zero-order valence-corrected chi connectivity index (χ0v) is 48.0. The molecule has 2 saturated heterocycles. The number of carbonyl (C=O) groups is 5. The van der Waals surface area contributed by atoms with Gasteiger partial charge in [0.25, 0.3) is 11.7 Å². The van der Waals surface area contributed by atoms with E-state index in [1.807, 2.05) is 58.1 Å². The van der Waals surface area contributed by atoms with Crippen molar-refractivity contribution in [1.29, 1.82) is 0 Å². The van der Waals surface area contributed by atoms with Crippen LogP contribution in [0.1, 0.15) is 126 Å². The smallest absolute Gasteiger partial charge is 0.329 e. The van der Waals surface area contributed by atoms with Gasteiger partial charge in [0, 0.05) is 85.1 Å². The molecule has 15 atom stereocenters. The standard InChI is InChI=1S/C55H89NO15P2/c1-34-20-16-15-17-21-35(2)46(65-8)32-42-25-23-40(7)55(62,69-42)52(59)53(60)56-27-19-18-22-43(56)54(61)68-47(37(4)30-41-24-26-45(48(31-41)66-9)70-72(11,12)63)33-44(57)36(3)29-39(6)50(71-73(13,14)64)51(67-10)49(58)38(5)28-34/h15-17,20-21,29,34,36-38,40-43,45-48,50-51,62H,18-19,22-28,30-33H2,1-14H3/b17-15?,20-16+,35-21?,39-29+/t34-,36-,37-,38-,40-,41+,42+,43+,45-,46+,47+,48-,50-,51+,55-/m1/s1. The van der Waals surface area contributed by atoms with Crippen LogP contribution in [0.25, 0.3) is 0 Å². The van der Waals surface area contributed by atoms with Crippen molar-refractivity contribution in [1.82, 2.24) is 4.90 Å². The molecular weight excluding hydrogens is 977 g/mol. The molecule has 4 rings (SSSR count). The van der Waals surface area contributed by atoms with Gasteiger partial charge in [-0.3, -0.25) is 28.3 Å². The SMILES string of the molecule is CO[C@H]1C[C@@H]2CC[C@@H](C)[C@@](O)(O2)C(=O)C(=O)N2CCCC[C@H]2C(=O)O[C@H]([C@H](C)C[C@@H]2CC[C@@H](OP(C)(C)=O)[C@H](OC)C2)CC(=O)[C@H](C)/C=C(\C)[C@@H](OP(C)(C)=O)[C@@H](OC)C(=O)[C@H](C)C[C@H](C)/C=C/C=CC=C1C. The molecule has 2 bridgehead atoms. The summed E-state index contributed by atoms with van der Waals surface area (Å²) < 4.78 is 68.1. The number of amides is 1. The number of nitrogens with zero attached hydrogens (tertiary/aromatic N) is 1. The fraction of sp³-hybridized carbons (Fsp3) is 0.764. The van der Waals surface area contributed by atoms with Gasteiger partial charge < -0.3 is 42.7 Å². The highest BCUT2D eigenvalue weighted by Crippen LogP contribution is 2.45. The molecule has 4 aliphatic rings. The first-order valence-electron chi connectivity index (χ1n) is 26.4. The van der Waals surface area contributed by atoms with Crippen molar-refractivity contribution in [2.75, 3.05) is 54.5 Å². The average Bonchev–Trinajstić information content (AvgIpc) is 3.32. The Balaban J connectivity index is 1.77. The predicted molar refractivity (Wildman–Crippen MR) is 282 cm³/mol. The van der Waals surface area contributed by atoms with Crippen molar-refractivity contribution in [2.45, 2.75) is 180 Å². The van der Waals surface area contributed by atoms with Crippen molar-refractivity contribution in [3.8, 4) is 0 Å². The number of Topliss-reactive ketones (excluding diaryl/α,β-unsaturated/α-hetero) is 3. The van der Waals surface area contributed by atoms with E-state index >= 15 is 0 Å². The minimum atomic E-state index is -3.23. The number of ether oxygens (including phenoxy) is 5. The van der Waals surface area contributed by atoms with E-state index < -0.39 is 92.5 Å². The number of piperidine rings is 1. The highest BCUT2D eigenvalue weighted by atomic mass is 31.2. The summed E-state index contributed by atoms with van der Waals surface area (Å²) in [4.78, 5) is 73.2. The number of hydrogen-bond acceptors (Lipinski definition) is 15.